The Bertz CT molecular complexity index is 823. The minimum Gasteiger partial charge on any atom is -0.493 e. The second kappa shape index (κ2) is 7.98. The van der Waals surface area contributed by atoms with E-state index in [1.165, 1.54) is 16.0 Å². The van der Waals surface area contributed by atoms with Gasteiger partial charge in [-0.2, -0.15) is 0 Å². The van der Waals surface area contributed by atoms with Crippen LogP contribution in [0.5, 0.6) is 11.5 Å². The first-order valence-electron chi connectivity index (χ1n) is 8.64. The molecule has 1 aliphatic heterocycles. The normalized spacial score (nSPS) is 15.9. The van der Waals surface area contributed by atoms with Crippen molar-refractivity contribution in [3.05, 3.63) is 52.0 Å². The molecule has 0 fully saturated rings. The molecule has 0 saturated carbocycles. The van der Waals surface area contributed by atoms with E-state index in [1.807, 2.05) is 37.3 Å². The van der Waals surface area contributed by atoms with Crippen molar-refractivity contribution < 1.29 is 19.2 Å². The summed E-state index contributed by atoms with van der Waals surface area (Å²) < 4.78 is 10.8. The molecule has 1 atom stereocenters. The molecule has 6 heteroatoms. The zero-order chi connectivity index (χ0) is 18.7. The van der Waals surface area contributed by atoms with Crippen LogP contribution in [0.4, 0.5) is 5.69 Å². The molecule has 2 N–H and O–H groups in total. The number of halogens is 1. The Labute approximate surface area is 158 Å². The van der Waals surface area contributed by atoms with Crippen molar-refractivity contribution in [2.45, 2.75) is 19.9 Å². The molecule has 1 unspecified atom stereocenters. The Balaban J connectivity index is 1.67. The molecule has 0 saturated heterocycles. The van der Waals surface area contributed by atoms with E-state index in [-0.39, 0.29) is 5.91 Å². The van der Waals surface area contributed by atoms with Crippen LogP contribution in [0.2, 0.25) is 5.02 Å². The molecule has 1 heterocycles. The highest BCUT2D eigenvalue weighted by molar-refractivity contribution is 6.31. The third-order valence-electron chi connectivity index (χ3n) is 4.85. The first-order chi connectivity index (χ1) is 12.5. The van der Waals surface area contributed by atoms with E-state index in [0.717, 1.165) is 42.3 Å². The van der Waals surface area contributed by atoms with E-state index in [4.69, 9.17) is 21.1 Å². The second-order valence-electron chi connectivity index (χ2n) is 6.54. The van der Waals surface area contributed by atoms with Crippen LogP contribution in [-0.4, -0.2) is 33.2 Å². The summed E-state index contributed by atoms with van der Waals surface area (Å²) in [6, 6.07) is 9.60. The number of nitrogens with one attached hydrogen (secondary N) is 2. The summed E-state index contributed by atoms with van der Waals surface area (Å²) in [5, 5.41) is 3.63. The summed E-state index contributed by atoms with van der Waals surface area (Å²) in [5.74, 6) is 1.48. The summed E-state index contributed by atoms with van der Waals surface area (Å²) in [6.07, 6.45) is 0.911. The van der Waals surface area contributed by atoms with Crippen LogP contribution < -0.4 is 19.7 Å². The van der Waals surface area contributed by atoms with E-state index < -0.39 is 0 Å². The summed E-state index contributed by atoms with van der Waals surface area (Å²) in [7, 11) is 3.28. The fourth-order valence-electron chi connectivity index (χ4n) is 3.34. The Morgan fingerprint density at radius 3 is 2.58 bits per heavy atom. The maximum absolute atomic E-state index is 12.5. The third-order valence-corrected chi connectivity index (χ3v) is 5.26. The number of hydrogen-bond acceptors (Lipinski definition) is 3. The number of fused-ring (bicyclic) bond motifs is 1. The van der Waals surface area contributed by atoms with Gasteiger partial charge in [-0.25, -0.2) is 0 Å². The molecule has 0 radical (unpaired) electrons. The Morgan fingerprint density at radius 1 is 1.19 bits per heavy atom. The molecule has 2 aromatic rings. The van der Waals surface area contributed by atoms with E-state index in [0.29, 0.717) is 11.6 Å². The minimum absolute atomic E-state index is 0.00528. The first kappa shape index (κ1) is 18.5. The number of ether oxygens (including phenoxy) is 2. The van der Waals surface area contributed by atoms with Crippen molar-refractivity contribution in [2.24, 2.45) is 0 Å². The van der Waals surface area contributed by atoms with E-state index >= 15 is 0 Å². The fourth-order valence-corrected chi connectivity index (χ4v) is 3.52. The van der Waals surface area contributed by atoms with Gasteiger partial charge in [0.25, 0.3) is 5.91 Å². The average Bonchev–Trinajstić information content (AvgIpc) is 2.64. The third kappa shape index (κ3) is 3.94. The molecule has 3 rings (SSSR count). The summed E-state index contributed by atoms with van der Waals surface area (Å²) in [6.45, 7) is 4.02. The lowest BCUT2D eigenvalue weighted by molar-refractivity contribution is -0.907. The highest BCUT2D eigenvalue weighted by Crippen LogP contribution is 2.31. The number of hydrogen-bond donors (Lipinski definition) is 2. The van der Waals surface area contributed by atoms with Gasteiger partial charge < -0.3 is 19.7 Å². The van der Waals surface area contributed by atoms with Gasteiger partial charge in [-0.15, -0.1) is 0 Å². The standard InChI is InChI=1S/C20H23ClN2O3/c1-13-16(21)5-4-6-17(13)22-20(24)12-23-8-7-14-9-18(25-2)19(26-3)10-15(14)11-23/h4-6,9-10H,7-8,11-12H2,1-3H3,(H,22,24)/p+1. The van der Waals surface area contributed by atoms with Gasteiger partial charge in [0.05, 0.1) is 20.8 Å². The quantitative estimate of drug-likeness (QED) is 0.842. The maximum atomic E-state index is 12.5. The summed E-state index contributed by atoms with van der Waals surface area (Å²) in [5.41, 5.74) is 4.12. The van der Waals surface area contributed by atoms with Crippen LogP contribution in [0.1, 0.15) is 16.7 Å². The first-order valence-corrected chi connectivity index (χ1v) is 9.02. The van der Waals surface area contributed by atoms with E-state index in [2.05, 4.69) is 5.32 Å². The second-order valence-corrected chi connectivity index (χ2v) is 6.95. The van der Waals surface area contributed by atoms with E-state index in [9.17, 15) is 4.79 Å². The van der Waals surface area contributed by atoms with Gasteiger partial charge in [0.15, 0.2) is 18.0 Å². The van der Waals surface area contributed by atoms with E-state index in [1.54, 1.807) is 14.2 Å². The van der Waals surface area contributed by atoms with Gasteiger partial charge in [0.1, 0.15) is 6.54 Å². The Kier molecular flexibility index (Phi) is 5.69. The van der Waals surface area contributed by atoms with Crippen LogP contribution in [0.25, 0.3) is 0 Å². The van der Waals surface area contributed by atoms with Gasteiger partial charge in [-0.05, 0) is 42.3 Å². The fraction of sp³-hybridized carbons (Fsp3) is 0.350. The van der Waals surface area contributed by atoms with Crippen LogP contribution in [0.15, 0.2) is 30.3 Å². The van der Waals surface area contributed by atoms with Crippen molar-refractivity contribution in [3.8, 4) is 11.5 Å². The molecule has 2 aromatic carbocycles. The smallest absolute Gasteiger partial charge is 0.279 e. The molecule has 1 aliphatic rings. The molecule has 5 nitrogen and oxygen atoms in total. The molecule has 26 heavy (non-hydrogen) atoms. The zero-order valence-electron chi connectivity index (χ0n) is 15.3. The van der Waals surface area contributed by atoms with Crippen molar-refractivity contribution >= 4 is 23.2 Å². The SMILES string of the molecule is COc1cc2c(cc1OC)C[NH+](CC(=O)Nc1cccc(Cl)c1C)CC2. The zero-order valence-corrected chi connectivity index (χ0v) is 16.1. The lowest BCUT2D eigenvalue weighted by Gasteiger charge is -2.26. The van der Waals surface area contributed by atoms with Crippen molar-refractivity contribution in [1.29, 1.82) is 0 Å². The minimum atomic E-state index is -0.00528. The van der Waals surface area contributed by atoms with Gasteiger partial charge in [0.2, 0.25) is 0 Å². The molecule has 0 spiro atoms. The van der Waals surface area contributed by atoms with Gasteiger partial charge in [-0.1, -0.05) is 17.7 Å². The number of anilines is 1. The van der Waals surface area contributed by atoms with Crippen LogP contribution in [0, 0.1) is 6.92 Å². The number of methoxy groups -OCH3 is 2. The van der Waals surface area contributed by atoms with Crippen molar-refractivity contribution in [2.75, 3.05) is 32.6 Å². The molecule has 0 aromatic heterocycles. The lowest BCUT2D eigenvalue weighted by atomic mass is 9.99. The van der Waals surface area contributed by atoms with Crippen molar-refractivity contribution in [1.82, 2.24) is 0 Å². The van der Waals surface area contributed by atoms with Gasteiger partial charge in [-0.3, -0.25) is 4.79 Å². The average molecular weight is 376 g/mol. The van der Waals surface area contributed by atoms with Gasteiger partial charge in [0, 0.05) is 22.7 Å². The number of amides is 1. The highest BCUT2D eigenvalue weighted by Gasteiger charge is 2.24. The predicted molar refractivity (Wildman–Crippen MR) is 102 cm³/mol. The highest BCUT2D eigenvalue weighted by atomic mass is 35.5. The molecule has 138 valence electrons. The van der Waals surface area contributed by atoms with Crippen LogP contribution in [-0.2, 0) is 17.8 Å². The van der Waals surface area contributed by atoms with Crippen LogP contribution in [0.3, 0.4) is 0 Å². The van der Waals surface area contributed by atoms with Crippen molar-refractivity contribution in [3.63, 3.8) is 0 Å². The molecular formula is C20H24ClN2O3+. The number of carbonyl (C=O) groups excluding carboxylic acids is 1. The number of benzene rings is 2. The topological polar surface area (TPSA) is 52.0 Å². The Morgan fingerprint density at radius 2 is 1.88 bits per heavy atom. The largest absolute Gasteiger partial charge is 0.493 e. The molecule has 1 amide bonds. The maximum Gasteiger partial charge on any atom is 0.279 e. The number of rotatable bonds is 5. The molecular weight excluding hydrogens is 352 g/mol. The monoisotopic (exact) mass is 375 g/mol. The summed E-state index contributed by atoms with van der Waals surface area (Å²) in [4.78, 5) is 13.7. The predicted octanol–water partition coefficient (Wildman–Crippen LogP) is 2.25. The number of carbonyl (C=O) groups is 1. The van der Waals surface area contributed by atoms with Crippen LogP contribution >= 0.6 is 11.6 Å². The van der Waals surface area contributed by atoms with Gasteiger partial charge >= 0.3 is 0 Å². The summed E-state index contributed by atoms with van der Waals surface area (Å²) >= 11 is 6.12. The lowest BCUT2D eigenvalue weighted by Crippen LogP contribution is -3.12. The molecule has 0 aliphatic carbocycles. The molecule has 0 bridgehead atoms. The number of quaternary nitrogens is 1. The Hall–Kier alpha value is -2.24.